The molecule has 0 spiro atoms. The van der Waals surface area contributed by atoms with Crippen LogP contribution >= 0.6 is 0 Å². The fourth-order valence-corrected chi connectivity index (χ4v) is 2.90. The van der Waals surface area contributed by atoms with Crippen molar-refractivity contribution in [3.63, 3.8) is 0 Å². The molecule has 1 aliphatic heterocycles. The molecule has 0 saturated carbocycles. The number of nitrogens with zero attached hydrogens (tertiary/aromatic N) is 1. The van der Waals surface area contributed by atoms with E-state index in [1.165, 1.54) is 30.5 Å². The Morgan fingerprint density at radius 2 is 1.79 bits per heavy atom. The minimum atomic E-state index is 0.317. The largest absolute Gasteiger partial charge is 0.497 e. The molecular formula is C20H25NO3. The number of ether oxygens (including phenoxy) is 3. The van der Waals surface area contributed by atoms with E-state index in [4.69, 9.17) is 14.2 Å². The molecule has 0 saturated heterocycles. The molecule has 1 heterocycles. The summed E-state index contributed by atoms with van der Waals surface area (Å²) in [5, 5.41) is 0. The van der Waals surface area contributed by atoms with Crippen molar-refractivity contribution >= 4 is 5.69 Å². The van der Waals surface area contributed by atoms with Crippen LogP contribution in [0, 0.1) is 0 Å². The summed E-state index contributed by atoms with van der Waals surface area (Å²) in [7, 11) is 1.70. The van der Waals surface area contributed by atoms with Crippen molar-refractivity contribution in [3.05, 3.63) is 48.0 Å². The summed E-state index contributed by atoms with van der Waals surface area (Å²) in [6.07, 6.45) is 3.65. The van der Waals surface area contributed by atoms with Crippen LogP contribution in [-0.4, -0.2) is 20.4 Å². The Bertz CT molecular complexity index is 654. The minimum absolute atomic E-state index is 0.317. The zero-order valence-corrected chi connectivity index (χ0v) is 14.5. The minimum Gasteiger partial charge on any atom is -0.497 e. The molecule has 24 heavy (non-hydrogen) atoms. The van der Waals surface area contributed by atoms with Crippen LogP contribution in [0.2, 0.25) is 0 Å². The van der Waals surface area contributed by atoms with Crippen LogP contribution in [0.15, 0.2) is 42.5 Å². The molecule has 0 aromatic heterocycles. The zero-order valence-electron chi connectivity index (χ0n) is 14.5. The molecule has 0 unspecified atom stereocenters. The maximum atomic E-state index is 5.50. The van der Waals surface area contributed by atoms with Gasteiger partial charge in [-0.3, -0.25) is 0 Å². The smallest absolute Gasteiger partial charge is 0.231 e. The summed E-state index contributed by atoms with van der Waals surface area (Å²) in [6, 6.07) is 14.5. The number of methoxy groups -OCH3 is 1. The average Bonchev–Trinajstić information content (AvgIpc) is 3.09. The first-order chi connectivity index (χ1) is 11.8. The van der Waals surface area contributed by atoms with E-state index in [1.54, 1.807) is 7.11 Å². The van der Waals surface area contributed by atoms with Crippen LogP contribution in [-0.2, 0) is 6.54 Å². The zero-order chi connectivity index (χ0) is 16.8. The first-order valence-electron chi connectivity index (χ1n) is 8.57. The van der Waals surface area contributed by atoms with Crippen LogP contribution in [0.25, 0.3) is 0 Å². The predicted octanol–water partition coefficient (Wildman–Crippen LogP) is 4.62. The van der Waals surface area contributed by atoms with Crippen molar-refractivity contribution in [2.24, 2.45) is 0 Å². The normalized spacial score (nSPS) is 12.2. The molecule has 2 aromatic carbocycles. The highest BCUT2D eigenvalue weighted by Crippen LogP contribution is 2.33. The Hall–Kier alpha value is -2.36. The van der Waals surface area contributed by atoms with E-state index in [0.29, 0.717) is 6.79 Å². The molecule has 0 atom stereocenters. The Kier molecular flexibility index (Phi) is 5.47. The van der Waals surface area contributed by atoms with Crippen molar-refractivity contribution < 1.29 is 14.2 Å². The molecule has 1 aliphatic rings. The average molecular weight is 327 g/mol. The van der Waals surface area contributed by atoms with Gasteiger partial charge < -0.3 is 19.1 Å². The number of rotatable bonds is 8. The lowest BCUT2D eigenvalue weighted by molar-refractivity contribution is 0.174. The summed E-state index contributed by atoms with van der Waals surface area (Å²) < 4.78 is 16.2. The van der Waals surface area contributed by atoms with Crippen LogP contribution in [0.4, 0.5) is 5.69 Å². The van der Waals surface area contributed by atoms with Crippen LogP contribution in [0.1, 0.15) is 31.7 Å². The number of hydrogen-bond donors (Lipinski definition) is 0. The lowest BCUT2D eigenvalue weighted by Crippen LogP contribution is -2.23. The van der Waals surface area contributed by atoms with E-state index >= 15 is 0 Å². The highest BCUT2D eigenvalue weighted by molar-refractivity contribution is 5.51. The summed E-state index contributed by atoms with van der Waals surface area (Å²) in [5.41, 5.74) is 2.44. The number of anilines is 1. The van der Waals surface area contributed by atoms with Gasteiger partial charge in [0.1, 0.15) is 5.75 Å². The summed E-state index contributed by atoms with van der Waals surface area (Å²) >= 11 is 0. The van der Waals surface area contributed by atoms with Gasteiger partial charge in [-0.1, -0.05) is 25.8 Å². The van der Waals surface area contributed by atoms with Crippen LogP contribution in [0.3, 0.4) is 0 Å². The summed E-state index contributed by atoms with van der Waals surface area (Å²) in [5.74, 6) is 2.56. The second-order valence-corrected chi connectivity index (χ2v) is 6.01. The van der Waals surface area contributed by atoms with Crippen molar-refractivity contribution in [3.8, 4) is 17.2 Å². The molecular weight excluding hydrogens is 302 g/mol. The second-order valence-electron chi connectivity index (χ2n) is 6.01. The number of fused-ring (bicyclic) bond motifs is 1. The molecule has 0 bridgehead atoms. The highest BCUT2D eigenvalue weighted by Gasteiger charge is 2.15. The van der Waals surface area contributed by atoms with Gasteiger partial charge in [0.15, 0.2) is 11.5 Å². The summed E-state index contributed by atoms with van der Waals surface area (Å²) in [6.45, 7) is 4.44. The van der Waals surface area contributed by atoms with Gasteiger partial charge in [0, 0.05) is 18.8 Å². The van der Waals surface area contributed by atoms with Gasteiger partial charge in [0.2, 0.25) is 6.79 Å². The standard InChI is InChI=1S/C20H25NO3/c1-3-4-5-12-21(17-7-9-18(22-2)10-8-17)14-16-6-11-19-20(13-16)24-15-23-19/h6-11,13H,3-5,12,14-15H2,1-2H3. The lowest BCUT2D eigenvalue weighted by Gasteiger charge is -2.25. The van der Waals surface area contributed by atoms with E-state index in [9.17, 15) is 0 Å². The fraction of sp³-hybridized carbons (Fsp3) is 0.400. The quantitative estimate of drug-likeness (QED) is 0.662. The monoisotopic (exact) mass is 327 g/mol. The molecule has 3 rings (SSSR count). The molecule has 4 heteroatoms. The van der Waals surface area contributed by atoms with E-state index in [0.717, 1.165) is 30.3 Å². The molecule has 0 aliphatic carbocycles. The molecule has 128 valence electrons. The van der Waals surface area contributed by atoms with E-state index < -0.39 is 0 Å². The van der Waals surface area contributed by atoms with Gasteiger partial charge in [-0.25, -0.2) is 0 Å². The Morgan fingerprint density at radius 3 is 2.54 bits per heavy atom. The maximum Gasteiger partial charge on any atom is 0.231 e. The van der Waals surface area contributed by atoms with Crippen LogP contribution < -0.4 is 19.1 Å². The lowest BCUT2D eigenvalue weighted by atomic mass is 10.1. The Morgan fingerprint density at radius 1 is 1.00 bits per heavy atom. The first kappa shape index (κ1) is 16.5. The molecule has 2 aromatic rings. The van der Waals surface area contributed by atoms with Crippen LogP contribution in [0.5, 0.6) is 17.2 Å². The second kappa shape index (κ2) is 7.95. The number of hydrogen-bond acceptors (Lipinski definition) is 4. The maximum absolute atomic E-state index is 5.50. The predicted molar refractivity (Wildman–Crippen MR) is 96.1 cm³/mol. The first-order valence-corrected chi connectivity index (χ1v) is 8.57. The molecule has 4 nitrogen and oxygen atoms in total. The van der Waals surface area contributed by atoms with E-state index in [1.807, 2.05) is 18.2 Å². The Balaban J connectivity index is 1.75. The van der Waals surface area contributed by atoms with E-state index in [-0.39, 0.29) is 0 Å². The molecule has 0 fully saturated rings. The van der Waals surface area contributed by atoms with E-state index in [2.05, 4.69) is 36.1 Å². The highest BCUT2D eigenvalue weighted by atomic mass is 16.7. The van der Waals surface area contributed by atoms with Crippen molar-refractivity contribution in [1.29, 1.82) is 0 Å². The molecule has 0 radical (unpaired) electrons. The number of unbranched alkanes of at least 4 members (excludes halogenated alkanes) is 2. The van der Waals surface area contributed by atoms with Crippen molar-refractivity contribution in [2.45, 2.75) is 32.7 Å². The Labute approximate surface area is 144 Å². The SMILES string of the molecule is CCCCCN(Cc1ccc2c(c1)OCO2)c1ccc(OC)cc1. The van der Waals surface area contributed by atoms with Crippen molar-refractivity contribution in [1.82, 2.24) is 0 Å². The molecule has 0 N–H and O–H groups in total. The number of benzene rings is 2. The molecule has 0 amide bonds. The summed E-state index contributed by atoms with van der Waals surface area (Å²) in [4.78, 5) is 2.41. The third kappa shape index (κ3) is 3.94. The topological polar surface area (TPSA) is 30.9 Å². The third-order valence-corrected chi connectivity index (χ3v) is 4.28. The van der Waals surface area contributed by atoms with Crippen molar-refractivity contribution in [2.75, 3.05) is 25.3 Å². The van der Waals surface area contributed by atoms with Gasteiger partial charge in [-0.2, -0.15) is 0 Å². The third-order valence-electron chi connectivity index (χ3n) is 4.28. The van der Waals surface area contributed by atoms with Gasteiger partial charge >= 0.3 is 0 Å². The van der Waals surface area contributed by atoms with Gasteiger partial charge in [-0.15, -0.1) is 0 Å². The van der Waals surface area contributed by atoms with Gasteiger partial charge in [-0.05, 0) is 48.4 Å². The fourth-order valence-electron chi connectivity index (χ4n) is 2.90. The van der Waals surface area contributed by atoms with Gasteiger partial charge in [0.25, 0.3) is 0 Å². The van der Waals surface area contributed by atoms with Gasteiger partial charge in [0.05, 0.1) is 7.11 Å².